The van der Waals surface area contributed by atoms with Gasteiger partial charge in [0, 0.05) is 24.0 Å². The first-order valence-corrected chi connectivity index (χ1v) is 5.43. The summed E-state index contributed by atoms with van der Waals surface area (Å²) in [5.41, 5.74) is 1.23. The molecule has 0 radical (unpaired) electrons. The van der Waals surface area contributed by atoms with Crippen LogP contribution in [0.2, 0.25) is 0 Å². The standard InChI is InChI=1S/C11H11N5O3/c17-11(12-7-9-5-6-13-15-9)14-8-1-3-10(4-2-8)16(18)19/h1-6H,7H2,(H,13,15)(H2,12,14,17). The number of hydrogen-bond donors (Lipinski definition) is 3. The molecular formula is C11H11N5O3. The van der Waals surface area contributed by atoms with Gasteiger partial charge in [-0.15, -0.1) is 0 Å². The van der Waals surface area contributed by atoms with Crippen LogP contribution in [0.3, 0.4) is 0 Å². The molecule has 19 heavy (non-hydrogen) atoms. The number of rotatable bonds is 4. The van der Waals surface area contributed by atoms with Gasteiger partial charge in [-0.25, -0.2) is 4.79 Å². The Morgan fingerprint density at radius 2 is 2.05 bits per heavy atom. The van der Waals surface area contributed by atoms with E-state index >= 15 is 0 Å². The summed E-state index contributed by atoms with van der Waals surface area (Å²) < 4.78 is 0. The Balaban J connectivity index is 1.86. The number of H-pyrrole nitrogens is 1. The SMILES string of the molecule is O=C(NCc1ccn[nH]1)Nc1ccc([N+](=O)[O-])cc1. The largest absolute Gasteiger partial charge is 0.332 e. The van der Waals surface area contributed by atoms with Gasteiger partial charge in [0.25, 0.3) is 5.69 Å². The molecule has 0 aliphatic heterocycles. The smallest absolute Gasteiger partial charge is 0.319 e. The highest BCUT2D eigenvalue weighted by Crippen LogP contribution is 2.15. The number of nitrogens with one attached hydrogen (secondary N) is 3. The lowest BCUT2D eigenvalue weighted by Crippen LogP contribution is -2.28. The van der Waals surface area contributed by atoms with E-state index in [2.05, 4.69) is 20.8 Å². The average Bonchev–Trinajstić information content (AvgIpc) is 2.90. The monoisotopic (exact) mass is 261 g/mol. The quantitative estimate of drug-likeness (QED) is 0.573. The molecule has 0 bridgehead atoms. The van der Waals surface area contributed by atoms with E-state index in [-0.39, 0.29) is 5.69 Å². The van der Waals surface area contributed by atoms with Gasteiger partial charge in [-0.3, -0.25) is 15.2 Å². The van der Waals surface area contributed by atoms with Gasteiger partial charge in [0.1, 0.15) is 0 Å². The Hall–Kier alpha value is -2.90. The predicted molar refractivity (Wildman–Crippen MR) is 67.5 cm³/mol. The highest BCUT2D eigenvalue weighted by molar-refractivity contribution is 5.89. The zero-order chi connectivity index (χ0) is 13.7. The van der Waals surface area contributed by atoms with E-state index in [4.69, 9.17) is 0 Å². The Morgan fingerprint density at radius 3 is 2.63 bits per heavy atom. The lowest BCUT2D eigenvalue weighted by atomic mass is 10.3. The number of nitro benzene ring substituents is 1. The van der Waals surface area contributed by atoms with Gasteiger partial charge in [-0.05, 0) is 18.2 Å². The van der Waals surface area contributed by atoms with Crippen molar-refractivity contribution in [2.24, 2.45) is 0 Å². The minimum atomic E-state index is -0.498. The third-order valence-electron chi connectivity index (χ3n) is 2.33. The maximum Gasteiger partial charge on any atom is 0.319 e. The van der Waals surface area contributed by atoms with E-state index in [0.717, 1.165) is 5.69 Å². The molecule has 2 rings (SSSR count). The lowest BCUT2D eigenvalue weighted by Gasteiger charge is -2.06. The van der Waals surface area contributed by atoms with Crippen molar-refractivity contribution in [3.05, 3.63) is 52.3 Å². The van der Waals surface area contributed by atoms with Gasteiger partial charge in [0.05, 0.1) is 17.2 Å². The molecule has 0 unspecified atom stereocenters. The summed E-state index contributed by atoms with van der Waals surface area (Å²) in [4.78, 5) is 21.5. The number of aromatic nitrogens is 2. The molecule has 8 nitrogen and oxygen atoms in total. The van der Waals surface area contributed by atoms with Gasteiger partial charge in [-0.2, -0.15) is 5.10 Å². The maximum atomic E-state index is 11.5. The third kappa shape index (κ3) is 3.53. The van der Waals surface area contributed by atoms with Crippen LogP contribution in [0.15, 0.2) is 36.5 Å². The zero-order valence-electron chi connectivity index (χ0n) is 9.79. The Kier molecular flexibility index (Phi) is 3.72. The number of nitrogens with zero attached hydrogens (tertiary/aromatic N) is 2. The summed E-state index contributed by atoms with van der Waals surface area (Å²) in [5.74, 6) is 0. The van der Waals surface area contributed by atoms with Crippen molar-refractivity contribution in [1.29, 1.82) is 0 Å². The number of urea groups is 1. The topological polar surface area (TPSA) is 113 Å². The molecule has 2 aromatic rings. The molecular weight excluding hydrogens is 250 g/mol. The Morgan fingerprint density at radius 1 is 1.32 bits per heavy atom. The van der Waals surface area contributed by atoms with Crippen LogP contribution in [0.4, 0.5) is 16.2 Å². The zero-order valence-corrected chi connectivity index (χ0v) is 9.79. The normalized spacial score (nSPS) is 9.89. The molecule has 8 heteroatoms. The summed E-state index contributed by atoms with van der Waals surface area (Å²) in [6.07, 6.45) is 1.59. The van der Waals surface area contributed by atoms with E-state index in [0.29, 0.717) is 12.2 Å². The molecule has 1 heterocycles. The van der Waals surface area contributed by atoms with E-state index in [1.54, 1.807) is 12.3 Å². The Labute approximate surface area is 108 Å². The number of benzene rings is 1. The molecule has 0 atom stereocenters. The van der Waals surface area contributed by atoms with Gasteiger partial charge >= 0.3 is 6.03 Å². The van der Waals surface area contributed by atoms with Gasteiger partial charge in [-0.1, -0.05) is 0 Å². The number of amides is 2. The van der Waals surface area contributed by atoms with Crippen LogP contribution in [0.25, 0.3) is 0 Å². The second-order valence-electron chi connectivity index (χ2n) is 3.69. The molecule has 98 valence electrons. The third-order valence-corrected chi connectivity index (χ3v) is 2.33. The first-order valence-electron chi connectivity index (χ1n) is 5.43. The molecule has 0 aliphatic carbocycles. The second-order valence-corrected chi connectivity index (χ2v) is 3.69. The number of aromatic amines is 1. The number of nitro groups is 1. The van der Waals surface area contributed by atoms with Gasteiger partial charge in [0.2, 0.25) is 0 Å². The fraction of sp³-hybridized carbons (Fsp3) is 0.0909. The molecule has 0 aliphatic rings. The van der Waals surface area contributed by atoms with Crippen LogP contribution >= 0.6 is 0 Å². The van der Waals surface area contributed by atoms with E-state index in [1.807, 2.05) is 0 Å². The number of anilines is 1. The first-order chi connectivity index (χ1) is 9.15. The predicted octanol–water partition coefficient (Wildman–Crippen LogP) is 1.64. The van der Waals surface area contributed by atoms with Crippen molar-refractivity contribution in [2.75, 3.05) is 5.32 Å². The van der Waals surface area contributed by atoms with Crippen molar-refractivity contribution >= 4 is 17.4 Å². The fourth-order valence-electron chi connectivity index (χ4n) is 1.40. The van der Waals surface area contributed by atoms with Crippen LogP contribution in [0.5, 0.6) is 0 Å². The fourth-order valence-corrected chi connectivity index (χ4v) is 1.40. The number of carbonyl (C=O) groups excluding carboxylic acids is 1. The van der Waals surface area contributed by atoms with Gasteiger partial charge < -0.3 is 10.6 Å². The number of hydrogen-bond acceptors (Lipinski definition) is 4. The minimum Gasteiger partial charge on any atom is -0.332 e. The van der Waals surface area contributed by atoms with Crippen LogP contribution < -0.4 is 10.6 Å². The van der Waals surface area contributed by atoms with Crippen molar-refractivity contribution < 1.29 is 9.72 Å². The molecule has 0 saturated heterocycles. The van der Waals surface area contributed by atoms with Crippen LogP contribution in [0, 0.1) is 10.1 Å². The molecule has 1 aromatic heterocycles. The molecule has 0 spiro atoms. The number of carbonyl (C=O) groups is 1. The van der Waals surface area contributed by atoms with Crippen molar-refractivity contribution in [2.45, 2.75) is 6.54 Å². The molecule has 0 fully saturated rings. The van der Waals surface area contributed by atoms with E-state index in [1.165, 1.54) is 24.3 Å². The van der Waals surface area contributed by atoms with Gasteiger partial charge in [0.15, 0.2) is 0 Å². The lowest BCUT2D eigenvalue weighted by molar-refractivity contribution is -0.384. The van der Waals surface area contributed by atoms with E-state index in [9.17, 15) is 14.9 Å². The van der Waals surface area contributed by atoms with Crippen molar-refractivity contribution in [1.82, 2.24) is 15.5 Å². The Bertz CT molecular complexity index is 565. The molecule has 1 aromatic carbocycles. The van der Waals surface area contributed by atoms with Crippen molar-refractivity contribution in [3.63, 3.8) is 0 Å². The molecule has 2 amide bonds. The average molecular weight is 261 g/mol. The summed E-state index contributed by atoms with van der Waals surface area (Å²) in [6.45, 7) is 0.318. The van der Waals surface area contributed by atoms with E-state index < -0.39 is 11.0 Å². The summed E-state index contributed by atoms with van der Waals surface area (Å²) in [6, 6.07) is 6.92. The number of non-ortho nitro benzene ring substituents is 1. The summed E-state index contributed by atoms with van der Waals surface area (Å²) in [7, 11) is 0. The molecule has 3 N–H and O–H groups in total. The minimum absolute atomic E-state index is 0.0246. The second kappa shape index (κ2) is 5.63. The van der Waals surface area contributed by atoms with Crippen LogP contribution in [-0.4, -0.2) is 21.2 Å². The highest BCUT2D eigenvalue weighted by atomic mass is 16.6. The van der Waals surface area contributed by atoms with Crippen molar-refractivity contribution in [3.8, 4) is 0 Å². The summed E-state index contributed by atoms with van der Waals surface area (Å²) in [5, 5.41) is 22.1. The summed E-state index contributed by atoms with van der Waals surface area (Å²) >= 11 is 0. The maximum absolute atomic E-state index is 11.5. The van der Waals surface area contributed by atoms with Crippen LogP contribution in [-0.2, 0) is 6.54 Å². The highest BCUT2D eigenvalue weighted by Gasteiger charge is 2.06. The molecule has 0 saturated carbocycles. The first kappa shape index (κ1) is 12.6. The van der Waals surface area contributed by atoms with Crippen LogP contribution in [0.1, 0.15) is 5.69 Å².